The first-order valence-electron chi connectivity index (χ1n) is 6.44. The Kier molecular flexibility index (Phi) is 7.28. The van der Waals surface area contributed by atoms with E-state index >= 15 is 0 Å². The van der Waals surface area contributed by atoms with Gasteiger partial charge in [-0.1, -0.05) is 31.5 Å². The molecule has 1 aromatic carbocycles. The van der Waals surface area contributed by atoms with Crippen molar-refractivity contribution in [3.05, 3.63) is 23.2 Å². The minimum Gasteiger partial charge on any atom is -0.325 e. The highest BCUT2D eigenvalue weighted by Gasteiger charge is 2.11. The number of halogens is 1. The van der Waals surface area contributed by atoms with Crippen molar-refractivity contribution in [2.75, 3.05) is 18.9 Å². The van der Waals surface area contributed by atoms with Crippen LogP contribution in [0.25, 0.3) is 0 Å². The fourth-order valence-electron chi connectivity index (χ4n) is 1.60. The van der Waals surface area contributed by atoms with Crippen LogP contribution in [0.15, 0.2) is 23.1 Å². The maximum atomic E-state index is 11.8. The zero-order chi connectivity index (χ0) is 14.3. The molecule has 0 aliphatic carbocycles. The second-order valence-electron chi connectivity index (χ2n) is 4.54. The number of nitrogens with one attached hydrogen (secondary N) is 2. The highest BCUT2D eigenvalue weighted by Crippen LogP contribution is 2.36. The van der Waals surface area contributed by atoms with Crippen molar-refractivity contribution in [3.63, 3.8) is 0 Å². The first kappa shape index (κ1) is 16.3. The molecule has 5 heteroatoms. The van der Waals surface area contributed by atoms with Gasteiger partial charge < -0.3 is 10.6 Å². The largest absolute Gasteiger partial charge is 0.325 e. The number of hydrogen-bond donors (Lipinski definition) is 2. The number of anilines is 1. The van der Waals surface area contributed by atoms with Gasteiger partial charge >= 0.3 is 0 Å². The van der Waals surface area contributed by atoms with Crippen LogP contribution >= 0.6 is 23.4 Å². The van der Waals surface area contributed by atoms with E-state index in [0.29, 0.717) is 16.7 Å². The van der Waals surface area contributed by atoms with Crippen LogP contribution in [0.3, 0.4) is 0 Å². The summed E-state index contributed by atoms with van der Waals surface area (Å²) in [5.74, 6) is 0.0307. The molecular formula is C14H21ClN2OS. The number of amides is 1. The standard InChI is InChI=1S/C14H21ClN2OS/c1-10(2)19-14-11(15)6-4-7-12(14)17-13(18)8-5-9-16-3/h4,6-7,10,16H,5,8-9H2,1-3H3,(H,17,18). The molecule has 0 bridgehead atoms. The van der Waals surface area contributed by atoms with E-state index in [1.54, 1.807) is 11.8 Å². The van der Waals surface area contributed by atoms with Crippen LogP contribution in [0.2, 0.25) is 5.02 Å². The van der Waals surface area contributed by atoms with Gasteiger partial charge in [-0.05, 0) is 32.1 Å². The van der Waals surface area contributed by atoms with Crippen LogP contribution in [0.4, 0.5) is 5.69 Å². The molecule has 0 saturated heterocycles. The second kappa shape index (κ2) is 8.46. The van der Waals surface area contributed by atoms with Gasteiger partial charge in [-0.15, -0.1) is 11.8 Å². The Balaban J connectivity index is 2.71. The summed E-state index contributed by atoms with van der Waals surface area (Å²) in [7, 11) is 1.88. The van der Waals surface area contributed by atoms with E-state index in [4.69, 9.17) is 11.6 Å². The predicted molar refractivity (Wildman–Crippen MR) is 84.2 cm³/mol. The smallest absolute Gasteiger partial charge is 0.224 e. The number of benzene rings is 1. The average Bonchev–Trinajstić information content (AvgIpc) is 2.33. The first-order chi connectivity index (χ1) is 9.04. The van der Waals surface area contributed by atoms with Gasteiger partial charge in [0.2, 0.25) is 5.91 Å². The van der Waals surface area contributed by atoms with Crippen molar-refractivity contribution in [2.45, 2.75) is 36.8 Å². The quantitative estimate of drug-likeness (QED) is 0.595. The summed E-state index contributed by atoms with van der Waals surface area (Å²) in [6.07, 6.45) is 1.34. The van der Waals surface area contributed by atoms with Crippen molar-refractivity contribution >= 4 is 35.0 Å². The minimum absolute atomic E-state index is 0.0307. The minimum atomic E-state index is 0.0307. The fourth-order valence-corrected chi connectivity index (χ4v) is 2.81. The number of hydrogen-bond acceptors (Lipinski definition) is 3. The number of rotatable bonds is 7. The highest BCUT2D eigenvalue weighted by molar-refractivity contribution is 8.00. The van der Waals surface area contributed by atoms with Gasteiger partial charge in [0.1, 0.15) is 0 Å². The molecule has 0 spiro atoms. The molecule has 1 rings (SSSR count). The zero-order valence-corrected chi connectivity index (χ0v) is 13.2. The molecular weight excluding hydrogens is 280 g/mol. The third-order valence-corrected chi connectivity index (χ3v) is 4.00. The number of carbonyl (C=O) groups excluding carboxylic acids is 1. The van der Waals surface area contributed by atoms with Crippen LogP contribution in [-0.2, 0) is 4.79 Å². The first-order valence-corrected chi connectivity index (χ1v) is 7.70. The molecule has 0 heterocycles. The van der Waals surface area contributed by atoms with Crippen molar-refractivity contribution in [2.24, 2.45) is 0 Å². The molecule has 0 atom stereocenters. The molecule has 0 aliphatic heterocycles. The molecule has 2 N–H and O–H groups in total. The van der Waals surface area contributed by atoms with Gasteiger partial charge in [0.15, 0.2) is 0 Å². The Hall–Kier alpha value is -0.710. The second-order valence-corrected chi connectivity index (χ2v) is 6.53. The average molecular weight is 301 g/mol. The monoisotopic (exact) mass is 300 g/mol. The zero-order valence-electron chi connectivity index (χ0n) is 11.6. The van der Waals surface area contributed by atoms with Gasteiger partial charge in [-0.3, -0.25) is 4.79 Å². The van der Waals surface area contributed by atoms with Crippen molar-refractivity contribution in [3.8, 4) is 0 Å². The van der Waals surface area contributed by atoms with E-state index in [1.807, 2.05) is 25.2 Å². The molecule has 1 amide bonds. The van der Waals surface area contributed by atoms with E-state index < -0.39 is 0 Å². The third-order valence-electron chi connectivity index (χ3n) is 2.43. The van der Waals surface area contributed by atoms with Crippen LogP contribution in [-0.4, -0.2) is 24.7 Å². The Morgan fingerprint density at radius 2 is 2.16 bits per heavy atom. The molecule has 0 aliphatic rings. The summed E-state index contributed by atoms with van der Waals surface area (Å²) >= 11 is 7.86. The van der Waals surface area contributed by atoms with Crippen LogP contribution in [0.5, 0.6) is 0 Å². The predicted octanol–water partition coefficient (Wildman–Crippen LogP) is 3.78. The van der Waals surface area contributed by atoms with Gasteiger partial charge in [0.25, 0.3) is 0 Å². The van der Waals surface area contributed by atoms with Gasteiger partial charge in [0, 0.05) is 16.6 Å². The molecule has 0 unspecified atom stereocenters. The van der Waals surface area contributed by atoms with Gasteiger partial charge in [-0.25, -0.2) is 0 Å². The third kappa shape index (κ3) is 5.85. The van der Waals surface area contributed by atoms with Crippen molar-refractivity contribution in [1.29, 1.82) is 0 Å². The van der Waals surface area contributed by atoms with E-state index in [0.717, 1.165) is 23.5 Å². The van der Waals surface area contributed by atoms with Crippen LogP contribution < -0.4 is 10.6 Å². The van der Waals surface area contributed by atoms with Crippen molar-refractivity contribution in [1.82, 2.24) is 5.32 Å². The van der Waals surface area contributed by atoms with Gasteiger partial charge in [0.05, 0.1) is 10.7 Å². The Bertz CT molecular complexity index is 424. The Labute approximate surface area is 124 Å². The lowest BCUT2D eigenvalue weighted by Crippen LogP contribution is -2.15. The molecule has 19 heavy (non-hydrogen) atoms. The maximum absolute atomic E-state index is 11.8. The van der Waals surface area contributed by atoms with E-state index in [9.17, 15) is 4.79 Å². The highest BCUT2D eigenvalue weighted by atomic mass is 35.5. The normalized spacial score (nSPS) is 10.8. The van der Waals surface area contributed by atoms with Crippen LogP contribution in [0, 0.1) is 0 Å². The molecule has 0 radical (unpaired) electrons. The fraction of sp³-hybridized carbons (Fsp3) is 0.500. The molecule has 1 aromatic rings. The lowest BCUT2D eigenvalue weighted by molar-refractivity contribution is -0.116. The molecule has 106 valence electrons. The summed E-state index contributed by atoms with van der Waals surface area (Å²) in [4.78, 5) is 12.8. The Morgan fingerprint density at radius 3 is 2.79 bits per heavy atom. The van der Waals surface area contributed by atoms with E-state index in [1.165, 1.54) is 0 Å². The van der Waals surface area contributed by atoms with E-state index in [-0.39, 0.29) is 5.91 Å². The number of carbonyl (C=O) groups is 1. The molecule has 0 saturated carbocycles. The summed E-state index contributed by atoms with van der Waals surface area (Å²) in [6.45, 7) is 5.05. The summed E-state index contributed by atoms with van der Waals surface area (Å²) in [5.41, 5.74) is 0.806. The summed E-state index contributed by atoms with van der Waals surface area (Å²) in [5, 5.41) is 7.08. The maximum Gasteiger partial charge on any atom is 0.224 e. The van der Waals surface area contributed by atoms with Crippen LogP contribution in [0.1, 0.15) is 26.7 Å². The molecule has 0 fully saturated rings. The number of thioether (sulfide) groups is 1. The van der Waals surface area contributed by atoms with Gasteiger partial charge in [-0.2, -0.15) is 0 Å². The van der Waals surface area contributed by atoms with E-state index in [2.05, 4.69) is 24.5 Å². The molecule has 0 aromatic heterocycles. The van der Waals surface area contributed by atoms with Crippen molar-refractivity contribution < 1.29 is 4.79 Å². The lowest BCUT2D eigenvalue weighted by atomic mass is 10.2. The summed E-state index contributed by atoms with van der Waals surface area (Å²) in [6, 6.07) is 5.60. The Morgan fingerprint density at radius 1 is 1.42 bits per heavy atom. The topological polar surface area (TPSA) is 41.1 Å². The molecule has 3 nitrogen and oxygen atoms in total. The lowest BCUT2D eigenvalue weighted by Gasteiger charge is -2.14. The summed E-state index contributed by atoms with van der Waals surface area (Å²) < 4.78 is 0. The SMILES string of the molecule is CNCCCC(=O)Nc1cccc(Cl)c1SC(C)C.